The van der Waals surface area contributed by atoms with Gasteiger partial charge in [-0.3, -0.25) is 9.59 Å². The smallest absolute Gasteiger partial charge is 0.278 e. The van der Waals surface area contributed by atoms with Gasteiger partial charge in [0.1, 0.15) is 11.1 Å². The molecule has 12 nitrogen and oxygen atoms in total. The molecule has 0 unspecified atom stereocenters. The molecule has 5 heterocycles. The van der Waals surface area contributed by atoms with Crippen LogP contribution >= 0.6 is 0 Å². The maximum Gasteiger partial charge on any atom is 0.278 e. The summed E-state index contributed by atoms with van der Waals surface area (Å²) in [5.41, 5.74) is 2.06. The Morgan fingerprint density at radius 3 is 2.73 bits per heavy atom. The van der Waals surface area contributed by atoms with Gasteiger partial charge in [-0.15, -0.1) is 11.7 Å². The number of anilines is 3. The van der Waals surface area contributed by atoms with Crippen molar-refractivity contribution < 1.29 is 4.74 Å². The number of rotatable bonds is 8. The van der Waals surface area contributed by atoms with Gasteiger partial charge in [0.2, 0.25) is 5.95 Å². The van der Waals surface area contributed by atoms with Crippen molar-refractivity contribution in [2.24, 2.45) is 5.41 Å². The fraction of sp³-hybridized carbons (Fsp3) is 0.393. The minimum absolute atomic E-state index is 0.157. The molecule has 4 aromatic rings. The normalized spacial score (nSPS) is 16.1. The van der Waals surface area contributed by atoms with Crippen molar-refractivity contribution in [2.75, 3.05) is 43.5 Å². The molecule has 208 valence electrons. The lowest BCUT2D eigenvalue weighted by molar-refractivity contribution is 0.199. The van der Waals surface area contributed by atoms with Gasteiger partial charge in [-0.2, -0.15) is 4.98 Å². The second kappa shape index (κ2) is 9.94. The molecular weight excluding hydrogens is 510 g/mol. The van der Waals surface area contributed by atoms with Crippen LogP contribution in [-0.2, 0) is 6.54 Å². The summed E-state index contributed by atoms with van der Waals surface area (Å²) in [6.07, 6.45) is 4.30. The molecule has 2 N–H and O–H groups in total. The molecule has 3 aromatic heterocycles. The monoisotopic (exact) mass is 543 g/mol. The fourth-order valence-electron chi connectivity index (χ4n) is 5.56. The summed E-state index contributed by atoms with van der Waals surface area (Å²) < 4.78 is 10.2. The first-order valence-electron chi connectivity index (χ1n) is 13.4. The molecule has 2 saturated heterocycles. The van der Waals surface area contributed by atoms with Crippen LogP contribution in [0.5, 0.6) is 5.75 Å². The van der Waals surface area contributed by atoms with Gasteiger partial charge in [0.05, 0.1) is 25.4 Å². The van der Waals surface area contributed by atoms with Gasteiger partial charge in [-0.05, 0) is 38.5 Å². The molecule has 0 amide bonds. The summed E-state index contributed by atoms with van der Waals surface area (Å²) in [4.78, 5) is 37.1. The molecule has 2 fully saturated rings. The molecule has 6 rings (SSSR count). The van der Waals surface area contributed by atoms with E-state index in [0.29, 0.717) is 28.2 Å². The molecule has 0 bridgehead atoms. The Morgan fingerprint density at radius 1 is 1.23 bits per heavy atom. The predicted octanol–water partition coefficient (Wildman–Crippen LogP) is 2.46. The van der Waals surface area contributed by atoms with Crippen molar-refractivity contribution in [2.45, 2.75) is 32.9 Å². The van der Waals surface area contributed by atoms with E-state index in [0.717, 1.165) is 43.3 Å². The molecule has 1 spiro atoms. The summed E-state index contributed by atoms with van der Waals surface area (Å²) in [6, 6.07) is 8.83. The van der Waals surface area contributed by atoms with Gasteiger partial charge in [-0.25, -0.2) is 19.0 Å². The van der Waals surface area contributed by atoms with Crippen molar-refractivity contribution in [3.05, 3.63) is 69.9 Å². The lowest BCUT2D eigenvalue weighted by Crippen LogP contribution is -2.54. The minimum Gasteiger partial charge on any atom is -0.495 e. The Labute approximate surface area is 230 Å². The van der Waals surface area contributed by atoms with Crippen LogP contribution in [0.15, 0.2) is 58.8 Å². The zero-order chi connectivity index (χ0) is 28.0. The third-order valence-electron chi connectivity index (χ3n) is 7.71. The molecule has 12 heteroatoms. The highest BCUT2D eigenvalue weighted by Gasteiger charge is 2.43. The molecular formula is C28H33N9O3. The largest absolute Gasteiger partial charge is 0.495 e. The first-order chi connectivity index (χ1) is 19.3. The van der Waals surface area contributed by atoms with Crippen LogP contribution in [-0.4, -0.2) is 62.4 Å². The van der Waals surface area contributed by atoms with Crippen LogP contribution in [0.1, 0.15) is 26.3 Å². The van der Waals surface area contributed by atoms with E-state index < -0.39 is 0 Å². The number of hydrogen-bond donors (Lipinski definition) is 2. The second-order valence-corrected chi connectivity index (χ2v) is 10.8. The van der Waals surface area contributed by atoms with Gasteiger partial charge in [0.15, 0.2) is 11.5 Å². The van der Waals surface area contributed by atoms with Crippen LogP contribution in [0, 0.1) is 5.41 Å². The van der Waals surface area contributed by atoms with Gasteiger partial charge >= 0.3 is 0 Å². The van der Waals surface area contributed by atoms with E-state index in [9.17, 15) is 9.59 Å². The average Bonchev–Trinajstić information content (AvgIpc) is 3.50. The van der Waals surface area contributed by atoms with Crippen molar-refractivity contribution in [3.63, 3.8) is 0 Å². The van der Waals surface area contributed by atoms with Crippen molar-refractivity contribution in [1.29, 1.82) is 0 Å². The SMILES string of the molecule is C=CCn1c(=O)c2cnc(Nc3ccc(N4CCC5(CNC5)C4)c(OC)c3)nc2n1-c1ccc(=O)n(C(C)C)n1. The van der Waals surface area contributed by atoms with Crippen molar-refractivity contribution in [3.8, 4) is 11.6 Å². The van der Waals surface area contributed by atoms with Crippen LogP contribution < -0.4 is 31.4 Å². The molecule has 0 saturated carbocycles. The van der Waals surface area contributed by atoms with Gasteiger partial charge in [0.25, 0.3) is 11.1 Å². The Hall–Kier alpha value is -4.45. The molecule has 40 heavy (non-hydrogen) atoms. The maximum absolute atomic E-state index is 13.3. The van der Waals surface area contributed by atoms with E-state index >= 15 is 0 Å². The first kappa shape index (κ1) is 25.8. The lowest BCUT2D eigenvalue weighted by atomic mass is 9.81. The molecule has 1 aromatic carbocycles. The summed E-state index contributed by atoms with van der Waals surface area (Å²) in [6.45, 7) is 11.9. The van der Waals surface area contributed by atoms with Gasteiger partial charge in [0, 0.05) is 55.6 Å². The zero-order valence-corrected chi connectivity index (χ0v) is 22.9. The van der Waals surface area contributed by atoms with Gasteiger partial charge in [-0.1, -0.05) is 6.08 Å². The van der Waals surface area contributed by atoms with E-state index in [1.807, 2.05) is 26.0 Å². The van der Waals surface area contributed by atoms with Crippen LogP contribution in [0.2, 0.25) is 0 Å². The number of ether oxygens (including phenoxy) is 1. The predicted molar refractivity (Wildman–Crippen MR) is 154 cm³/mol. The number of methoxy groups -OCH3 is 1. The topological polar surface area (TPSA) is 124 Å². The fourth-order valence-corrected chi connectivity index (χ4v) is 5.56. The number of aromatic nitrogens is 6. The van der Waals surface area contributed by atoms with Crippen LogP contribution in [0.4, 0.5) is 17.3 Å². The number of fused-ring (bicyclic) bond motifs is 1. The Balaban J connectivity index is 1.37. The molecule has 0 aliphatic carbocycles. The number of nitrogens with one attached hydrogen (secondary N) is 2. The van der Waals surface area contributed by atoms with Crippen LogP contribution in [0.3, 0.4) is 0 Å². The molecule has 2 aliphatic heterocycles. The zero-order valence-electron chi connectivity index (χ0n) is 22.9. The first-order valence-corrected chi connectivity index (χ1v) is 13.4. The maximum atomic E-state index is 13.3. The Kier molecular flexibility index (Phi) is 6.41. The summed E-state index contributed by atoms with van der Waals surface area (Å²) in [5, 5.41) is 11.5. The highest BCUT2D eigenvalue weighted by Crippen LogP contribution is 2.40. The highest BCUT2D eigenvalue weighted by atomic mass is 16.5. The number of benzene rings is 1. The molecule has 2 aliphatic rings. The average molecular weight is 544 g/mol. The van der Waals surface area contributed by atoms with Gasteiger partial charge < -0.3 is 20.3 Å². The summed E-state index contributed by atoms with van der Waals surface area (Å²) in [5.74, 6) is 1.47. The number of allylic oxidation sites excluding steroid dienone is 1. The molecule has 0 atom stereocenters. The second-order valence-electron chi connectivity index (χ2n) is 10.8. The Morgan fingerprint density at radius 2 is 2.05 bits per heavy atom. The number of hydrogen-bond acceptors (Lipinski definition) is 9. The minimum atomic E-state index is -0.276. The van der Waals surface area contributed by atoms with E-state index in [1.165, 1.54) is 28.0 Å². The standard InChI is InChI=1S/C28H33N9O3/c1-5-11-35-26(39)20-14-30-27(32-25(20)37(35)23-8-9-24(38)36(33-23)18(2)3)31-19-6-7-21(22(13-19)40-4)34-12-10-28(17-34)15-29-16-28/h5-9,13-14,18,29H,1,10-12,15-17H2,2-4H3,(H,30,31,32). The summed E-state index contributed by atoms with van der Waals surface area (Å²) in [7, 11) is 1.67. The van der Waals surface area contributed by atoms with Crippen LogP contribution in [0.25, 0.3) is 16.9 Å². The molecule has 0 radical (unpaired) electrons. The van der Waals surface area contributed by atoms with E-state index in [2.05, 4.69) is 38.3 Å². The van der Waals surface area contributed by atoms with E-state index in [1.54, 1.807) is 23.9 Å². The quantitative estimate of drug-likeness (QED) is 0.323. The van der Waals surface area contributed by atoms with E-state index in [-0.39, 0.29) is 23.7 Å². The third kappa shape index (κ3) is 4.34. The summed E-state index contributed by atoms with van der Waals surface area (Å²) >= 11 is 0. The lowest BCUT2D eigenvalue weighted by Gasteiger charge is -2.39. The highest BCUT2D eigenvalue weighted by molar-refractivity contribution is 5.77. The van der Waals surface area contributed by atoms with E-state index in [4.69, 9.17) is 9.72 Å². The van der Waals surface area contributed by atoms with Crippen molar-refractivity contribution in [1.82, 2.24) is 34.4 Å². The van der Waals surface area contributed by atoms with Crippen molar-refractivity contribution >= 4 is 28.4 Å². The number of nitrogens with zero attached hydrogens (tertiary/aromatic N) is 7. The third-order valence-corrected chi connectivity index (χ3v) is 7.71. The Bertz CT molecular complexity index is 1710.